The van der Waals surface area contributed by atoms with Gasteiger partial charge in [-0.1, -0.05) is 25.0 Å². The van der Waals surface area contributed by atoms with E-state index in [1.54, 1.807) is 6.26 Å². The van der Waals surface area contributed by atoms with E-state index in [1.165, 1.54) is 0 Å². The molecule has 1 aromatic carbocycles. The Morgan fingerprint density at radius 3 is 2.59 bits per heavy atom. The Kier molecular flexibility index (Phi) is 5.15. The Hall–Kier alpha value is -0.870. The number of hydrogen-bond acceptors (Lipinski definition) is 3. The molecule has 0 heterocycles. The maximum atomic E-state index is 11.4. The predicted octanol–water partition coefficient (Wildman–Crippen LogP) is 2.24. The monoisotopic (exact) mass is 254 g/mol. The molecule has 1 unspecified atom stereocenters. The zero-order valence-corrected chi connectivity index (χ0v) is 11.9. The summed E-state index contributed by atoms with van der Waals surface area (Å²) < 4.78 is 11.4. The van der Waals surface area contributed by atoms with Crippen molar-refractivity contribution in [3.05, 3.63) is 23.8 Å². The van der Waals surface area contributed by atoms with E-state index in [0.717, 1.165) is 23.5 Å². The van der Waals surface area contributed by atoms with E-state index >= 15 is 0 Å². The molecule has 0 amide bonds. The van der Waals surface area contributed by atoms with Gasteiger partial charge in [0.25, 0.3) is 0 Å². The molecule has 0 aliphatic carbocycles. The van der Waals surface area contributed by atoms with Crippen molar-refractivity contribution in [2.45, 2.75) is 19.6 Å². The van der Waals surface area contributed by atoms with Crippen LogP contribution in [0.5, 0.6) is 0 Å². The van der Waals surface area contributed by atoms with Crippen molar-refractivity contribution in [3.8, 4) is 0 Å². The summed E-state index contributed by atoms with van der Waals surface area (Å²) in [4.78, 5) is 2.20. The number of benzene rings is 1. The molecule has 0 aliphatic rings. The molecule has 0 fully saturated rings. The quantitative estimate of drug-likeness (QED) is 0.647. The van der Waals surface area contributed by atoms with Crippen LogP contribution in [0.25, 0.3) is 0 Å². The first kappa shape index (κ1) is 14.2. The van der Waals surface area contributed by atoms with Crippen molar-refractivity contribution in [3.63, 3.8) is 0 Å². The molecular weight excluding hydrogens is 232 g/mol. The fourth-order valence-corrected chi connectivity index (χ4v) is 2.63. The highest BCUT2D eigenvalue weighted by Crippen LogP contribution is 2.24. The van der Waals surface area contributed by atoms with Crippen LogP contribution >= 0.6 is 0 Å². The van der Waals surface area contributed by atoms with Crippen LogP contribution < -0.4 is 10.6 Å². The zero-order chi connectivity index (χ0) is 13.0. The average molecular weight is 254 g/mol. The van der Waals surface area contributed by atoms with Crippen LogP contribution in [0.3, 0.4) is 0 Å². The summed E-state index contributed by atoms with van der Waals surface area (Å²) in [6.07, 6.45) is 1.72. The Labute approximate surface area is 107 Å². The maximum Gasteiger partial charge on any atom is 0.132 e. The lowest BCUT2D eigenvalue weighted by atomic mass is 10.1. The highest BCUT2D eigenvalue weighted by Gasteiger charge is 2.12. The Balaban J connectivity index is 2.96. The summed E-state index contributed by atoms with van der Waals surface area (Å²) in [5.74, 6) is 1.15. The SMILES string of the molecule is CC(C)CN(C)c1ccc(N)cc1C[S+](C)[O-]. The first-order valence-electron chi connectivity index (χ1n) is 5.79. The van der Waals surface area contributed by atoms with Crippen LogP contribution in [0.4, 0.5) is 11.4 Å². The van der Waals surface area contributed by atoms with Gasteiger partial charge in [-0.25, -0.2) is 0 Å². The fraction of sp³-hybridized carbons (Fsp3) is 0.538. The van der Waals surface area contributed by atoms with Gasteiger partial charge >= 0.3 is 0 Å². The summed E-state index contributed by atoms with van der Waals surface area (Å²) in [6, 6.07) is 5.84. The fourth-order valence-electron chi connectivity index (χ4n) is 1.96. The minimum absolute atomic E-state index is 0.558. The molecule has 17 heavy (non-hydrogen) atoms. The number of rotatable bonds is 5. The minimum atomic E-state index is -0.847. The molecule has 1 aromatic rings. The van der Waals surface area contributed by atoms with Crippen LogP contribution in [-0.2, 0) is 16.9 Å². The van der Waals surface area contributed by atoms with Gasteiger partial charge in [-0.05, 0) is 24.1 Å². The van der Waals surface area contributed by atoms with Gasteiger partial charge in [0.2, 0.25) is 0 Å². The Bertz CT molecular complexity index is 366. The Morgan fingerprint density at radius 2 is 2.06 bits per heavy atom. The second kappa shape index (κ2) is 6.17. The van der Waals surface area contributed by atoms with Crippen LogP contribution in [0.2, 0.25) is 0 Å². The molecule has 4 heteroatoms. The summed E-state index contributed by atoms with van der Waals surface area (Å²) in [5, 5.41) is 0. The summed E-state index contributed by atoms with van der Waals surface area (Å²) in [5.41, 5.74) is 8.71. The van der Waals surface area contributed by atoms with Crippen molar-refractivity contribution in [2.24, 2.45) is 5.92 Å². The largest absolute Gasteiger partial charge is 0.616 e. The number of nitrogens with zero attached hydrogens (tertiary/aromatic N) is 1. The van der Waals surface area contributed by atoms with Crippen molar-refractivity contribution >= 4 is 22.6 Å². The lowest BCUT2D eigenvalue weighted by molar-refractivity contribution is 0.599. The number of nitrogen functional groups attached to an aromatic ring is 1. The molecule has 0 spiro atoms. The van der Waals surface area contributed by atoms with E-state index in [9.17, 15) is 4.55 Å². The van der Waals surface area contributed by atoms with E-state index in [0.29, 0.717) is 11.7 Å². The topological polar surface area (TPSA) is 52.3 Å². The third kappa shape index (κ3) is 4.48. The van der Waals surface area contributed by atoms with Gasteiger partial charge in [0.15, 0.2) is 0 Å². The van der Waals surface area contributed by atoms with Gasteiger partial charge in [0.1, 0.15) is 5.75 Å². The molecule has 1 rings (SSSR count). The van der Waals surface area contributed by atoms with Gasteiger partial charge in [0, 0.05) is 30.5 Å². The molecule has 96 valence electrons. The van der Waals surface area contributed by atoms with Gasteiger partial charge in [-0.3, -0.25) is 0 Å². The smallest absolute Gasteiger partial charge is 0.132 e. The normalized spacial score (nSPS) is 12.8. The third-order valence-corrected chi connectivity index (χ3v) is 3.23. The second-order valence-electron chi connectivity index (χ2n) is 4.88. The second-order valence-corrected chi connectivity index (χ2v) is 6.32. The lowest BCUT2D eigenvalue weighted by Crippen LogP contribution is -2.24. The molecule has 3 nitrogen and oxygen atoms in total. The highest BCUT2D eigenvalue weighted by atomic mass is 32.2. The van der Waals surface area contributed by atoms with E-state index in [4.69, 9.17) is 5.73 Å². The predicted molar refractivity (Wildman–Crippen MR) is 76.7 cm³/mol. The highest BCUT2D eigenvalue weighted by molar-refractivity contribution is 7.89. The first-order chi connectivity index (χ1) is 7.90. The van der Waals surface area contributed by atoms with Crippen molar-refractivity contribution < 1.29 is 4.55 Å². The molecule has 2 N–H and O–H groups in total. The van der Waals surface area contributed by atoms with Crippen molar-refractivity contribution in [2.75, 3.05) is 30.5 Å². The number of anilines is 2. The van der Waals surface area contributed by atoms with Crippen molar-refractivity contribution in [1.82, 2.24) is 0 Å². The molecule has 0 saturated carbocycles. The van der Waals surface area contributed by atoms with Crippen molar-refractivity contribution in [1.29, 1.82) is 0 Å². The number of hydrogen-bond donors (Lipinski definition) is 1. The molecule has 0 aromatic heterocycles. The molecule has 0 bridgehead atoms. The molecular formula is C13H22N2OS. The van der Waals surface area contributed by atoms with Gasteiger partial charge in [0.05, 0.1) is 6.26 Å². The van der Waals surface area contributed by atoms with Crippen LogP contribution in [0.1, 0.15) is 19.4 Å². The van der Waals surface area contributed by atoms with E-state index in [-0.39, 0.29) is 0 Å². The minimum Gasteiger partial charge on any atom is -0.616 e. The van der Waals surface area contributed by atoms with Gasteiger partial charge < -0.3 is 15.2 Å². The van der Waals surface area contributed by atoms with E-state index in [1.807, 2.05) is 18.2 Å². The zero-order valence-electron chi connectivity index (χ0n) is 11.1. The molecule has 0 radical (unpaired) electrons. The standard InChI is InChI=1S/C13H22N2OS/c1-10(2)8-15(3)13-6-5-12(14)7-11(13)9-17(4)16/h5-7,10H,8-9,14H2,1-4H3. The summed E-state index contributed by atoms with van der Waals surface area (Å²) >= 11 is -0.847. The summed E-state index contributed by atoms with van der Waals surface area (Å²) in [7, 11) is 2.06. The first-order valence-corrected chi connectivity index (χ1v) is 7.52. The maximum absolute atomic E-state index is 11.4. The van der Waals surface area contributed by atoms with Gasteiger partial charge in [-0.2, -0.15) is 0 Å². The van der Waals surface area contributed by atoms with E-state index in [2.05, 4.69) is 25.8 Å². The third-order valence-electron chi connectivity index (χ3n) is 2.51. The van der Waals surface area contributed by atoms with Crippen LogP contribution in [0, 0.1) is 5.92 Å². The average Bonchev–Trinajstić information content (AvgIpc) is 2.15. The summed E-state index contributed by atoms with van der Waals surface area (Å²) in [6.45, 7) is 5.35. The number of nitrogens with two attached hydrogens (primary N) is 1. The van der Waals surface area contributed by atoms with Crippen LogP contribution in [0.15, 0.2) is 18.2 Å². The van der Waals surface area contributed by atoms with Gasteiger partial charge in [-0.15, -0.1) is 0 Å². The lowest BCUT2D eigenvalue weighted by Gasteiger charge is -2.24. The molecule has 0 aliphatic heterocycles. The molecule has 1 atom stereocenters. The van der Waals surface area contributed by atoms with E-state index < -0.39 is 11.2 Å². The Morgan fingerprint density at radius 1 is 1.41 bits per heavy atom. The molecule has 0 saturated heterocycles. The van der Waals surface area contributed by atoms with Crippen LogP contribution in [-0.4, -0.2) is 24.4 Å².